The third-order valence-corrected chi connectivity index (χ3v) is 3.72. The Bertz CT molecular complexity index is 447. The van der Waals surface area contributed by atoms with E-state index >= 15 is 0 Å². The van der Waals surface area contributed by atoms with Crippen molar-refractivity contribution in [2.45, 2.75) is 37.8 Å². The maximum absolute atomic E-state index is 11.3. The summed E-state index contributed by atoms with van der Waals surface area (Å²) in [6.07, 6.45) is -0.667. The third-order valence-electron chi connectivity index (χ3n) is 2.80. The predicted octanol–water partition coefficient (Wildman–Crippen LogP) is -1.52. The van der Waals surface area contributed by atoms with Crippen LogP contribution in [0.5, 0.6) is 0 Å². The van der Waals surface area contributed by atoms with Crippen LogP contribution in [0.4, 0.5) is 0 Å². The van der Waals surface area contributed by atoms with Crippen LogP contribution in [0.3, 0.4) is 0 Å². The highest BCUT2D eigenvalue weighted by Gasteiger charge is 2.57. The molecule has 0 aliphatic carbocycles. The second-order valence-corrected chi connectivity index (χ2v) is 5.78. The first-order valence-corrected chi connectivity index (χ1v) is 6.41. The van der Waals surface area contributed by atoms with E-state index in [4.69, 9.17) is 19.8 Å². The topological polar surface area (TPSA) is 119 Å². The molecule has 1 amide bonds. The summed E-state index contributed by atoms with van der Waals surface area (Å²) in [4.78, 5) is 11.3. The van der Waals surface area contributed by atoms with Crippen LogP contribution in [0.25, 0.3) is 0 Å². The zero-order chi connectivity index (χ0) is 13.0. The molecule has 2 aliphatic rings. The number of β-lactam (4-membered cyclic amide) rings is 1. The van der Waals surface area contributed by atoms with Gasteiger partial charge in [0.15, 0.2) is 5.79 Å². The lowest BCUT2D eigenvalue weighted by molar-refractivity contribution is -0.163. The smallest absolute Gasteiger partial charge is 0.348 e. The Hall–Kier alpha value is -0.740. The molecule has 1 unspecified atom stereocenters. The van der Waals surface area contributed by atoms with Crippen molar-refractivity contribution in [3.8, 4) is 0 Å². The number of carbonyl (C=O) groups is 1. The van der Waals surface area contributed by atoms with Gasteiger partial charge < -0.3 is 15.2 Å². The van der Waals surface area contributed by atoms with E-state index in [1.807, 2.05) is 0 Å². The summed E-state index contributed by atoms with van der Waals surface area (Å²) in [7, 11) is -4.60. The van der Waals surface area contributed by atoms with Gasteiger partial charge in [-0.1, -0.05) is 0 Å². The fourth-order valence-corrected chi connectivity index (χ4v) is 2.96. The molecular weight excluding hydrogens is 252 g/mol. The van der Waals surface area contributed by atoms with E-state index < -0.39 is 40.2 Å². The van der Waals surface area contributed by atoms with Crippen LogP contribution >= 0.6 is 0 Å². The van der Waals surface area contributed by atoms with Gasteiger partial charge in [0.2, 0.25) is 0 Å². The van der Waals surface area contributed by atoms with Gasteiger partial charge >= 0.3 is 10.3 Å². The normalized spacial score (nSPS) is 37.1. The standard InChI is InChI=1S/C8H14N2O6S/c1-8(2)15-3-4(16-8)6-5(9)7(11)10(6)17(12,13)14/h4-6H,3,9H2,1-2H3,(H,12,13,14)/t4?,5-,6+/m0/s1. The molecule has 0 bridgehead atoms. The maximum Gasteiger partial charge on any atom is 0.362 e. The van der Waals surface area contributed by atoms with Gasteiger partial charge in [-0.05, 0) is 13.8 Å². The SMILES string of the molecule is CC1(C)OCC([C@@H]2[C@H](N)C(=O)N2S(=O)(=O)O)O1. The molecule has 8 nitrogen and oxygen atoms in total. The number of ether oxygens (including phenoxy) is 2. The second-order valence-electron chi connectivity index (χ2n) is 4.50. The van der Waals surface area contributed by atoms with Crippen molar-refractivity contribution in [1.29, 1.82) is 0 Å². The Labute approximate surface area is 98.5 Å². The number of nitrogens with two attached hydrogens (primary N) is 1. The van der Waals surface area contributed by atoms with E-state index in [0.717, 1.165) is 0 Å². The summed E-state index contributed by atoms with van der Waals surface area (Å²) in [6.45, 7) is 3.44. The van der Waals surface area contributed by atoms with Gasteiger partial charge in [-0.15, -0.1) is 0 Å². The zero-order valence-corrected chi connectivity index (χ0v) is 10.2. The molecule has 2 fully saturated rings. The number of hydrogen-bond acceptors (Lipinski definition) is 6. The molecule has 0 aromatic heterocycles. The minimum atomic E-state index is -4.60. The first kappa shape index (κ1) is 12.7. The van der Waals surface area contributed by atoms with Gasteiger partial charge in [0.1, 0.15) is 18.2 Å². The van der Waals surface area contributed by atoms with Crippen LogP contribution in [0.2, 0.25) is 0 Å². The molecule has 2 aliphatic heterocycles. The minimum absolute atomic E-state index is 0.116. The molecular formula is C8H14N2O6S. The monoisotopic (exact) mass is 266 g/mol. The van der Waals surface area contributed by atoms with Gasteiger partial charge in [-0.3, -0.25) is 9.35 Å². The summed E-state index contributed by atoms with van der Waals surface area (Å²) in [5, 5.41) is 0. The maximum atomic E-state index is 11.3. The van der Waals surface area contributed by atoms with E-state index in [9.17, 15) is 13.2 Å². The number of nitrogens with zero attached hydrogens (tertiary/aromatic N) is 1. The van der Waals surface area contributed by atoms with E-state index in [-0.39, 0.29) is 6.61 Å². The van der Waals surface area contributed by atoms with Crippen molar-refractivity contribution in [1.82, 2.24) is 4.31 Å². The van der Waals surface area contributed by atoms with Crippen LogP contribution in [0.1, 0.15) is 13.8 Å². The summed E-state index contributed by atoms with van der Waals surface area (Å²) < 4.78 is 42.0. The Balaban J connectivity index is 2.19. The van der Waals surface area contributed by atoms with Crippen molar-refractivity contribution in [3.63, 3.8) is 0 Å². The van der Waals surface area contributed by atoms with Gasteiger partial charge in [-0.25, -0.2) is 4.31 Å². The highest BCUT2D eigenvalue weighted by Crippen LogP contribution is 2.33. The lowest BCUT2D eigenvalue weighted by Crippen LogP contribution is -2.73. The molecule has 0 aromatic carbocycles. The van der Waals surface area contributed by atoms with Crippen LogP contribution in [-0.4, -0.2) is 53.8 Å². The lowest BCUT2D eigenvalue weighted by Gasteiger charge is -2.44. The van der Waals surface area contributed by atoms with Gasteiger partial charge in [0, 0.05) is 0 Å². The molecule has 0 saturated carbocycles. The fraction of sp³-hybridized carbons (Fsp3) is 0.875. The number of amides is 1. The predicted molar refractivity (Wildman–Crippen MR) is 55.1 cm³/mol. The Kier molecular flexibility index (Phi) is 2.71. The highest BCUT2D eigenvalue weighted by molar-refractivity contribution is 7.84. The molecule has 3 atom stereocenters. The van der Waals surface area contributed by atoms with Gasteiger partial charge in [0.25, 0.3) is 5.91 Å². The van der Waals surface area contributed by atoms with Crippen LogP contribution in [0, 0.1) is 0 Å². The zero-order valence-electron chi connectivity index (χ0n) is 9.36. The molecule has 2 saturated heterocycles. The average Bonchev–Trinajstić information content (AvgIpc) is 2.51. The molecule has 3 N–H and O–H groups in total. The second kappa shape index (κ2) is 3.62. The molecule has 0 aromatic rings. The van der Waals surface area contributed by atoms with E-state index in [2.05, 4.69) is 0 Å². The lowest BCUT2D eigenvalue weighted by atomic mass is 9.95. The first-order chi connectivity index (χ1) is 7.63. The van der Waals surface area contributed by atoms with Crippen molar-refractivity contribution in [2.75, 3.05) is 6.61 Å². The molecule has 98 valence electrons. The van der Waals surface area contributed by atoms with E-state index in [1.54, 1.807) is 13.8 Å². The van der Waals surface area contributed by atoms with E-state index in [1.165, 1.54) is 0 Å². The van der Waals surface area contributed by atoms with Crippen LogP contribution in [-0.2, 0) is 24.6 Å². The van der Waals surface area contributed by atoms with Gasteiger partial charge in [-0.2, -0.15) is 8.42 Å². The molecule has 2 rings (SSSR count). The fourth-order valence-electron chi connectivity index (χ4n) is 2.04. The Morgan fingerprint density at radius 1 is 1.53 bits per heavy atom. The number of rotatable bonds is 2. The van der Waals surface area contributed by atoms with Crippen molar-refractivity contribution >= 4 is 16.2 Å². The average molecular weight is 266 g/mol. The summed E-state index contributed by atoms with van der Waals surface area (Å²) in [5.41, 5.74) is 5.52. The molecule has 17 heavy (non-hydrogen) atoms. The quantitative estimate of drug-likeness (QED) is 0.460. The van der Waals surface area contributed by atoms with Crippen molar-refractivity contribution in [3.05, 3.63) is 0 Å². The van der Waals surface area contributed by atoms with Crippen LogP contribution in [0.15, 0.2) is 0 Å². The number of carbonyl (C=O) groups excluding carboxylic acids is 1. The molecule has 0 spiro atoms. The summed E-state index contributed by atoms with van der Waals surface area (Å²) in [5.74, 6) is -1.70. The van der Waals surface area contributed by atoms with Gasteiger partial charge in [0.05, 0.1) is 6.61 Å². The minimum Gasteiger partial charge on any atom is -0.348 e. The Morgan fingerprint density at radius 2 is 2.12 bits per heavy atom. The Morgan fingerprint density at radius 3 is 2.53 bits per heavy atom. The van der Waals surface area contributed by atoms with Crippen LogP contribution < -0.4 is 5.73 Å². The van der Waals surface area contributed by atoms with E-state index in [0.29, 0.717) is 4.31 Å². The summed E-state index contributed by atoms with van der Waals surface area (Å²) in [6, 6.07) is -1.92. The molecule has 0 radical (unpaired) electrons. The molecule has 2 heterocycles. The summed E-state index contributed by atoms with van der Waals surface area (Å²) >= 11 is 0. The van der Waals surface area contributed by atoms with Crippen molar-refractivity contribution < 1.29 is 27.2 Å². The third kappa shape index (κ3) is 2.04. The number of hydrogen-bond donors (Lipinski definition) is 2. The first-order valence-electron chi connectivity index (χ1n) is 5.01. The molecule has 9 heteroatoms. The van der Waals surface area contributed by atoms with Crippen molar-refractivity contribution in [2.24, 2.45) is 5.73 Å². The largest absolute Gasteiger partial charge is 0.362 e. The highest BCUT2D eigenvalue weighted by atomic mass is 32.2.